The van der Waals surface area contributed by atoms with Crippen molar-refractivity contribution in [3.63, 3.8) is 0 Å². The number of alkyl halides is 1. The van der Waals surface area contributed by atoms with Crippen LogP contribution in [0.4, 0.5) is 10.3 Å². The summed E-state index contributed by atoms with van der Waals surface area (Å²) in [6.45, 7) is 3.98. The van der Waals surface area contributed by atoms with Crippen molar-refractivity contribution in [3.05, 3.63) is 52.7 Å². The zero-order valence-electron chi connectivity index (χ0n) is 18.1. The molecule has 1 N–H and O–H groups in total. The Kier molecular flexibility index (Phi) is 6.21. The molecule has 1 unspecified atom stereocenters. The molecule has 1 amide bonds. The molecule has 170 valence electrons. The fourth-order valence-electron chi connectivity index (χ4n) is 3.65. The molecule has 0 radical (unpaired) electrons. The van der Waals surface area contributed by atoms with E-state index in [0.29, 0.717) is 34.5 Å². The maximum atomic E-state index is 13.6. The fraction of sp³-hybridized carbons (Fsp3) is 0.409. The van der Waals surface area contributed by atoms with Crippen LogP contribution < -0.4 is 10.1 Å². The van der Waals surface area contributed by atoms with Crippen LogP contribution in [-0.4, -0.2) is 64.0 Å². The molecule has 3 heterocycles. The average Bonchev–Trinajstić information content (AvgIpc) is 3.19. The van der Waals surface area contributed by atoms with E-state index in [9.17, 15) is 9.18 Å². The van der Waals surface area contributed by atoms with Gasteiger partial charge in [0.05, 0.1) is 30.9 Å². The summed E-state index contributed by atoms with van der Waals surface area (Å²) in [6.07, 6.45) is 1.58. The molecule has 0 bridgehead atoms. The second-order valence-electron chi connectivity index (χ2n) is 8.30. The molecule has 0 spiro atoms. The summed E-state index contributed by atoms with van der Waals surface area (Å²) in [4.78, 5) is 19.3. The topological polar surface area (TPSA) is 81.0 Å². The third-order valence-corrected chi connectivity index (χ3v) is 5.54. The summed E-state index contributed by atoms with van der Waals surface area (Å²) >= 11 is 6.03. The van der Waals surface area contributed by atoms with Gasteiger partial charge in [0.2, 0.25) is 5.95 Å². The van der Waals surface area contributed by atoms with Gasteiger partial charge < -0.3 is 19.7 Å². The highest BCUT2D eigenvalue weighted by molar-refractivity contribution is 6.30. The van der Waals surface area contributed by atoms with E-state index in [1.54, 1.807) is 18.3 Å². The Bertz CT molecular complexity index is 1140. The van der Waals surface area contributed by atoms with Crippen LogP contribution in [0.15, 0.2) is 36.5 Å². The maximum absolute atomic E-state index is 13.6. The van der Waals surface area contributed by atoms with E-state index in [1.165, 1.54) is 16.5 Å². The van der Waals surface area contributed by atoms with Crippen molar-refractivity contribution in [2.24, 2.45) is 0 Å². The number of rotatable bonds is 6. The van der Waals surface area contributed by atoms with Crippen LogP contribution in [0.2, 0.25) is 5.02 Å². The Balaban J connectivity index is 1.61. The van der Waals surface area contributed by atoms with Gasteiger partial charge in [-0.05, 0) is 37.6 Å². The Hall–Kier alpha value is -2.91. The first-order chi connectivity index (χ1) is 15.3. The number of carbonyl (C=O) groups excluding carboxylic acids is 1. The number of carbonyl (C=O) groups is 1. The van der Waals surface area contributed by atoms with Gasteiger partial charge >= 0.3 is 0 Å². The molecule has 1 saturated heterocycles. The molecule has 1 aliphatic heterocycles. The monoisotopic (exact) mass is 461 g/mol. The van der Waals surface area contributed by atoms with Crippen LogP contribution in [0, 0.1) is 0 Å². The van der Waals surface area contributed by atoms with Crippen molar-refractivity contribution in [1.29, 1.82) is 0 Å². The number of aromatic nitrogens is 3. The van der Waals surface area contributed by atoms with Crippen molar-refractivity contribution in [3.8, 4) is 5.75 Å². The zero-order chi connectivity index (χ0) is 22.9. The summed E-state index contributed by atoms with van der Waals surface area (Å²) in [7, 11) is 1.50. The molecular formula is C22H25ClFN5O3. The van der Waals surface area contributed by atoms with Gasteiger partial charge in [0.15, 0.2) is 11.4 Å². The summed E-state index contributed by atoms with van der Waals surface area (Å²) in [5.74, 6) is 0.457. The summed E-state index contributed by atoms with van der Waals surface area (Å²) in [6, 6.07) is 8.44. The molecule has 1 atom stereocenters. The minimum atomic E-state index is -0.678. The third-order valence-electron chi connectivity index (χ3n) is 5.30. The first kappa shape index (κ1) is 22.3. The van der Waals surface area contributed by atoms with E-state index in [4.69, 9.17) is 21.1 Å². The normalized spacial score (nSPS) is 18.0. The van der Waals surface area contributed by atoms with Gasteiger partial charge in [0, 0.05) is 24.3 Å². The predicted molar refractivity (Wildman–Crippen MR) is 119 cm³/mol. The number of ether oxygens (including phenoxy) is 2. The second kappa shape index (κ2) is 8.91. The van der Waals surface area contributed by atoms with E-state index < -0.39 is 18.3 Å². The number of fused-ring (bicyclic) bond motifs is 1. The molecular weight excluding hydrogens is 437 g/mol. The van der Waals surface area contributed by atoms with Gasteiger partial charge in [0.1, 0.15) is 6.67 Å². The number of nitrogens with zero attached hydrogens (tertiary/aromatic N) is 4. The van der Waals surface area contributed by atoms with E-state index in [-0.39, 0.29) is 19.1 Å². The molecule has 0 saturated carbocycles. The summed E-state index contributed by atoms with van der Waals surface area (Å²) < 4.78 is 26.2. The Morgan fingerprint density at radius 3 is 2.94 bits per heavy atom. The SMILES string of the molecule is COc1cc(C(=O)N2CC(C)(C)OCC2CF)cn2nc(NCc3cccc(Cl)c3)nc12. The van der Waals surface area contributed by atoms with E-state index >= 15 is 0 Å². The van der Waals surface area contributed by atoms with Crippen LogP contribution >= 0.6 is 11.6 Å². The highest BCUT2D eigenvalue weighted by atomic mass is 35.5. The molecule has 4 rings (SSSR count). The van der Waals surface area contributed by atoms with Crippen LogP contribution in [0.1, 0.15) is 29.8 Å². The minimum absolute atomic E-state index is 0.148. The van der Waals surface area contributed by atoms with Crippen molar-refractivity contribution in [1.82, 2.24) is 19.5 Å². The number of halogens is 2. The lowest BCUT2D eigenvalue weighted by Gasteiger charge is -2.42. The van der Waals surface area contributed by atoms with Crippen molar-refractivity contribution < 1.29 is 18.7 Å². The van der Waals surface area contributed by atoms with Gasteiger partial charge in [-0.1, -0.05) is 23.7 Å². The lowest BCUT2D eigenvalue weighted by molar-refractivity contribution is -0.105. The summed E-state index contributed by atoms with van der Waals surface area (Å²) in [5.41, 5.74) is 1.21. The number of pyridine rings is 1. The molecule has 10 heteroatoms. The van der Waals surface area contributed by atoms with Crippen LogP contribution in [0.3, 0.4) is 0 Å². The molecule has 32 heavy (non-hydrogen) atoms. The first-order valence-electron chi connectivity index (χ1n) is 10.2. The number of morpholine rings is 1. The quantitative estimate of drug-likeness (QED) is 0.604. The fourth-order valence-corrected chi connectivity index (χ4v) is 3.87. The van der Waals surface area contributed by atoms with Crippen molar-refractivity contribution in [2.75, 3.05) is 32.3 Å². The number of anilines is 1. The van der Waals surface area contributed by atoms with Gasteiger partial charge in [-0.2, -0.15) is 4.98 Å². The molecule has 0 aliphatic carbocycles. The third kappa shape index (κ3) is 4.63. The van der Waals surface area contributed by atoms with Gasteiger partial charge in [-0.3, -0.25) is 4.79 Å². The lowest BCUT2D eigenvalue weighted by Crippen LogP contribution is -2.57. The van der Waals surface area contributed by atoms with E-state index in [0.717, 1.165) is 5.56 Å². The zero-order valence-corrected chi connectivity index (χ0v) is 18.9. The smallest absolute Gasteiger partial charge is 0.256 e. The molecule has 2 aromatic heterocycles. The summed E-state index contributed by atoms with van der Waals surface area (Å²) in [5, 5.41) is 8.22. The van der Waals surface area contributed by atoms with E-state index in [1.807, 2.05) is 32.0 Å². The number of hydrogen-bond donors (Lipinski definition) is 1. The lowest BCUT2D eigenvalue weighted by atomic mass is 10.0. The number of amides is 1. The standard InChI is InChI=1S/C22H25ClFN5O3/c1-22(2)13-28(17(9-24)12-32-22)20(30)15-8-18(31-3)19-26-21(27-29(19)11-15)25-10-14-5-4-6-16(23)7-14/h4-8,11,17H,9-10,12-13H2,1-3H3,(H,25,27). The van der Waals surface area contributed by atoms with Crippen LogP contribution in [0.25, 0.3) is 5.65 Å². The number of hydrogen-bond acceptors (Lipinski definition) is 6. The molecule has 8 nitrogen and oxygen atoms in total. The Labute approximate surface area is 190 Å². The van der Waals surface area contributed by atoms with E-state index in [2.05, 4.69) is 15.4 Å². The Morgan fingerprint density at radius 1 is 1.41 bits per heavy atom. The molecule has 1 aliphatic rings. The first-order valence-corrected chi connectivity index (χ1v) is 10.6. The highest BCUT2D eigenvalue weighted by Crippen LogP contribution is 2.26. The van der Waals surface area contributed by atoms with Gasteiger partial charge in [0.25, 0.3) is 5.91 Å². The number of benzene rings is 1. The molecule has 1 aromatic carbocycles. The number of methoxy groups -OCH3 is 1. The minimum Gasteiger partial charge on any atom is -0.493 e. The average molecular weight is 462 g/mol. The van der Waals surface area contributed by atoms with Gasteiger partial charge in [-0.25, -0.2) is 8.91 Å². The second-order valence-corrected chi connectivity index (χ2v) is 8.73. The highest BCUT2D eigenvalue weighted by Gasteiger charge is 2.37. The Morgan fingerprint density at radius 2 is 2.22 bits per heavy atom. The molecule has 1 fully saturated rings. The van der Waals surface area contributed by atoms with Crippen LogP contribution in [-0.2, 0) is 11.3 Å². The number of nitrogens with one attached hydrogen (secondary N) is 1. The van der Waals surface area contributed by atoms with Crippen molar-refractivity contribution >= 4 is 29.1 Å². The van der Waals surface area contributed by atoms with Gasteiger partial charge in [-0.15, -0.1) is 5.10 Å². The van der Waals surface area contributed by atoms with Crippen LogP contribution in [0.5, 0.6) is 5.75 Å². The molecule has 3 aromatic rings. The maximum Gasteiger partial charge on any atom is 0.256 e. The largest absolute Gasteiger partial charge is 0.493 e. The predicted octanol–water partition coefficient (Wildman–Crippen LogP) is 3.59. The van der Waals surface area contributed by atoms with Crippen molar-refractivity contribution in [2.45, 2.75) is 32.0 Å².